The third-order valence-corrected chi connectivity index (χ3v) is 9.13. The Hall–Kier alpha value is -3.86. The lowest BCUT2D eigenvalue weighted by molar-refractivity contribution is -0.114. The van der Waals surface area contributed by atoms with Gasteiger partial charge in [0, 0.05) is 16.4 Å². The van der Waals surface area contributed by atoms with Crippen molar-refractivity contribution in [2.75, 3.05) is 20.9 Å². The van der Waals surface area contributed by atoms with E-state index in [-0.39, 0.29) is 15.5 Å². The molecule has 1 amide bonds. The smallest absolute Gasteiger partial charge is 0.264 e. The van der Waals surface area contributed by atoms with Crippen molar-refractivity contribution in [2.45, 2.75) is 16.7 Å². The fourth-order valence-corrected chi connectivity index (χ4v) is 6.21. The minimum absolute atomic E-state index is 0.00179. The van der Waals surface area contributed by atoms with Crippen LogP contribution in [-0.4, -0.2) is 29.3 Å². The van der Waals surface area contributed by atoms with E-state index >= 15 is 0 Å². The van der Waals surface area contributed by atoms with Gasteiger partial charge in [0.15, 0.2) is 0 Å². The minimum atomic E-state index is -4.10. The first-order valence-electron chi connectivity index (χ1n) is 11.4. The van der Waals surface area contributed by atoms with Gasteiger partial charge in [-0.25, -0.2) is 16.8 Å². The summed E-state index contributed by atoms with van der Waals surface area (Å²) >= 11 is 6.25. The number of carbonyl (C=O) groups excluding carboxylic acids is 1. The molecule has 4 aromatic rings. The average Bonchev–Trinajstić information content (AvgIpc) is 2.90. The SMILES string of the molecule is Cc1ccc(N(CC(=O)Nc2ccc(S(=O)(=O)Nc3ccccc3)cc2)S(=O)(=O)c2ccccc2)cc1Cl. The van der Waals surface area contributed by atoms with Crippen molar-refractivity contribution in [1.29, 1.82) is 0 Å². The molecule has 0 spiro atoms. The molecule has 2 N–H and O–H groups in total. The summed E-state index contributed by atoms with van der Waals surface area (Å²) in [6, 6.07) is 26.5. The number of amides is 1. The first-order chi connectivity index (χ1) is 18.1. The summed E-state index contributed by atoms with van der Waals surface area (Å²) < 4.78 is 55.7. The number of benzene rings is 4. The number of anilines is 3. The van der Waals surface area contributed by atoms with Crippen LogP contribution >= 0.6 is 11.6 Å². The monoisotopic (exact) mass is 569 g/mol. The summed E-state index contributed by atoms with van der Waals surface area (Å²) in [5.41, 5.74) is 1.70. The lowest BCUT2D eigenvalue weighted by Gasteiger charge is -2.24. The van der Waals surface area contributed by atoms with Crippen LogP contribution in [0.2, 0.25) is 5.02 Å². The van der Waals surface area contributed by atoms with Gasteiger partial charge in [-0.3, -0.25) is 13.8 Å². The molecule has 0 saturated carbocycles. The van der Waals surface area contributed by atoms with Crippen LogP contribution in [0.5, 0.6) is 0 Å². The third-order valence-electron chi connectivity index (χ3n) is 5.54. The van der Waals surface area contributed by atoms with E-state index in [0.29, 0.717) is 16.4 Å². The van der Waals surface area contributed by atoms with Gasteiger partial charge >= 0.3 is 0 Å². The molecule has 38 heavy (non-hydrogen) atoms. The van der Waals surface area contributed by atoms with Gasteiger partial charge in [-0.2, -0.15) is 0 Å². The predicted octanol–water partition coefficient (Wildman–Crippen LogP) is 5.28. The number of halogens is 1. The fraction of sp³-hybridized carbons (Fsp3) is 0.0741. The number of nitrogens with zero attached hydrogens (tertiary/aromatic N) is 1. The number of carbonyl (C=O) groups is 1. The minimum Gasteiger partial charge on any atom is -0.325 e. The summed E-state index contributed by atoms with van der Waals surface area (Å²) in [5, 5.41) is 2.99. The Morgan fingerprint density at radius 2 is 1.37 bits per heavy atom. The second-order valence-corrected chi connectivity index (χ2v) is 12.3. The maximum atomic E-state index is 13.5. The first kappa shape index (κ1) is 27.2. The zero-order valence-electron chi connectivity index (χ0n) is 20.2. The number of hydrogen-bond acceptors (Lipinski definition) is 5. The van der Waals surface area contributed by atoms with Crippen LogP contribution in [0.25, 0.3) is 0 Å². The van der Waals surface area contributed by atoms with Gasteiger partial charge in [-0.15, -0.1) is 0 Å². The summed E-state index contributed by atoms with van der Waals surface area (Å²) in [4.78, 5) is 13.0. The van der Waals surface area contributed by atoms with Gasteiger partial charge in [0.05, 0.1) is 15.5 Å². The van der Waals surface area contributed by atoms with E-state index in [1.165, 1.54) is 42.5 Å². The van der Waals surface area contributed by atoms with Crippen molar-refractivity contribution in [3.05, 3.63) is 114 Å². The van der Waals surface area contributed by atoms with Crippen molar-refractivity contribution in [3.8, 4) is 0 Å². The van der Waals surface area contributed by atoms with Crippen LogP contribution in [0.15, 0.2) is 113 Å². The van der Waals surface area contributed by atoms with E-state index < -0.39 is 32.5 Å². The highest BCUT2D eigenvalue weighted by Crippen LogP contribution is 2.28. The number of para-hydroxylation sites is 1. The second-order valence-electron chi connectivity index (χ2n) is 8.30. The molecule has 0 fully saturated rings. The standard InChI is InChI=1S/C27H24ClN3O5S2/c1-20-12-15-23(18-26(20)28)31(38(35,36)25-10-6-3-7-11-25)19-27(32)29-21-13-16-24(17-14-21)37(33,34)30-22-8-4-2-5-9-22/h2-18,30H,19H2,1H3,(H,29,32). The molecule has 0 radical (unpaired) electrons. The molecule has 0 aromatic heterocycles. The van der Waals surface area contributed by atoms with Gasteiger partial charge in [-0.05, 0) is 73.2 Å². The molecule has 0 heterocycles. The Labute approximate surface area is 227 Å². The van der Waals surface area contributed by atoms with Gasteiger partial charge in [0.1, 0.15) is 6.54 Å². The van der Waals surface area contributed by atoms with Gasteiger partial charge in [-0.1, -0.05) is 54.1 Å². The largest absolute Gasteiger partial charge is 0.325 e. The molecule has 4 rings (SSSR count). The molecule has 11 heteroatoms. The van der Waals surface area contributed by atoms with Gasteiger partial charge < -0.3 is 5.32 Å². The molecule has 0 bridgehead atoms. The van der Waals surface area contributed by atoms with E-state index in [0.717, 1.165) is 9.87 Å². The Morgan fingerprint density at radius 3 is 1.97 bits per heavy atom. The van der Waals surface area contributed by atoms with Crippen LogP contribution in [-0.2, 0) is 24.8 Å². The third kappa shape index (κ3) is 6.34. The molecule has 4 aromatic carbocycles. The van der Waals surface area contributed by atoms with E-state index in [1.807, 2.05) is 0 Å². The Balaban J connectivity index is 1.54. The Morgan fingerprint density at radius 1 is 0.763 bits per heavy atom. The Bertz CT molecular complexity index is 1650. The van der Waals surface area contributed by atoms with Crippen molar-refractivity contribution >= 4 is 54.6 Å². The molecule has 196 valence electrons. The van der Waals surface area contributed by atoms with E-state index in [1.54, 1.807) is 67.6 Å². The quantitative estimate of drug-likeness (QED) is 0.285. The zero-order valence-corrected chi connectivity index (χ0v) is 22.6. The highest BCUT2D eigenvalue weighted by molar-refractivity contribution is 7.93. The highest BCUT2D eigenvalue weighted by Gasteiger charge is 2.27. The number of sulfonamides is 2. The normalized spacial score (nSPS) is 11.5. The maximum absolute atomic E-state index is 13.5. The van der Waals surface area contributed by atoms with Crippen LogP contribution < -0.4 is 14.3 Å². The molecule has 0 aliphatic carbocycles. The van der Waals surface area contributed by atoms with Crippen LogP contribution in [0, 0.1) is 6.92 Å². The lowest BCUT2D eigenvalue weighted by Crippen LogP contribution is -2.38. The van der Waals surface area contributed by atoms with Crippen molar-refractivity contribution in [3.63, 3.8) is 0 Å². The first-order valence-corrected chi connectivity index (χ1v) is 14.7. The van der Waals surface area contributed by atoms with E-state index in [2.05, 4.69) is 10.0 Å². The van der Waals surface area contributed by atoms with Crippen LogP contribution in [0.3, 0.4) is 0 Å². The molecule has 8 nitrogen and oxygen atoms in total. The molecule has 0 aliphatic heterocycles. The number of aryl methyl sites for hydroxylation is 1. The lowest BCUT2D eigenvalue weighted by atomic mass is 10.2. The van der Waals surface area contributed by atoms with Crippen molar-refractivity contribution < 1.29 is 21.6 Å². The summed E-state index contributed by atoms with van der Waals surface area (Å²) in [6.45, 7) is 1.25. The molecular weight excluding hydrogens is 546 g/mol. The predicted molar refractivity (Wildman–Crippen MR) is 149 cm³/mol. The molecule has 0 aliphatic rings. The van der Waals surface area contributed by atoms with Crippen molar-refractivity contribution in [1.82, 2.24) is 0 Å². The van der Waals surface area contributed by atoms with Crippen LogP contribution in [0.1, 0.15) is 5.56 Å². The summed E-state index contributed by atoms with van der Waals surface area (Å²) in [5.74, 6) is -0.626. The maximum Gasteiger partial charge on any atom is 0.264 e. The fourth-order valence-electron chi connectivity index (χ4n) is 3.54. The number of rotatable bonds is 9. The Kier molecular flexibility index (Phi) is 8.05. The molecule has 0 saturated heterocycles. The molecule has 0 atom stereocenters. The highest BCUT2D eigenvalue weighted by atomic mass is 35.5. The number of hydrogen-bond donors (Lipinski definition) is 2. The topological polar surface area (TPSA) is 113 Å². The second kappa shape index (κ2) is 11.3. The zero-order chi connectivity index (χ0) is 27.3. The summed E-state index contributed by atoms with van der Waals surface area (Å²) in [6.07, 6.45) is 0. The van der Waals surface area contributed by atoms with Gasteiger partial charge in [0.2, 0.25) is 5.91 Å². The molecular formula is C27H24ClN3O5S2. The average molecular weight is 570 g/mol. The molecule has 0 unspecified atom stereocenters. The van der Waals surface area contributed by atoms with E-state index in [4.69, 9.17) is 11.6 Å². The number of nitrogens with one attached hydrogen (secondary N) is 2. The van der Waals surface area contributed by atoms with E-state index in [9.17, 15) is 21.6 Å². The van der Waals surface area contributed by atoms with Crippen molar-refractivity contribution in [2.24, 2.45) is 0 Å². The summed E-state index contributed by atoms with van der Waals surface area (Å²) in [7, 11) is -7.93. The van der Waals surface area contributed by atoms with Crippen LogP contribution in [0.4, 0.5) is 17.1 Å². The van der Waals surface area contributed by atoms with Gasteiger partial charge in [0.25, 0.3) is 20.0 Å².